The Labute approximate surface area is 116 Å². The molecule has 0 bridgehead atoms. The van der Waals surface area contributed by atoms with Crippen LogP contribution in [0.3, 0.4) is 0 Å². The number of esters is 1. The van der Waals surface area contributed by atoms with E-state index >= 15 is 0 Å². The first-order valence-corrected chi connectivity index (χ1v) is 5.42. The maximum atomic E-state index is 11.1. The van der Waals surface area contributed by atoms with Crippen molar-refractivity contribution in [3.8, 4) is 0 Å². The van der Waals surface area contributed by atoms with Gasteiger partial charge in [-0.25, -0.2) is 13.2 Å². The molecule has 0 spiro atoms. The molecular formula is C9H9NaO5S. The molecule has 0 fully saturated rings. The average Bonchev–Trinajstić information content (AvgIpc) is 2.15. The minimum absolute atomic E-state index is 0. The summed E-state index contributed by atoms with van der Waals surface area (Å²) in [7, 11) is -3.38. The van der Waals surface area contributed by atoms with E-state index in [9.17, 15) is 17.8 Å². The summed E-state index contributed by atoms with van der Waals surface area (Å²) in [5.41, 5.74) is 0.343. The van der Waals surface area contributed by atoms with Crippen LogP contribution in [0.5, 0.6) is 0 Å². The molecule has 0 aliphatic rings. The number of ether oxygens (including phenoxy) is 1. The Hall–Kier alpha value is -0.400. The first kappa shape index (κ1) is 15.6. The third-order valence-corrected chi connectivity index (χ3v) is 2.86. The van der Waals surface area contributed by atoms with Crippen molar-refractivity contribution in [2.45, 2.75) is 11.8 Å². The molecule has 0 aliphatic heterocycles. The molecular weight excluding hydrogens is 243 g/mol. The van der Waals surface area contributed by atoms with Crippen LogP contribution in [-0.4, -0.2) is 26.0 Å². The summed E-state index contributed by atoms with van der Waals surface area (Å²) in [6, 6.07) is 3.80. The molecule has 0 unspecified atom stereocenters. The van der Waals surface area contributed by atoms with E-state index in [4.69, 9.17) is 0 Å². The van der Waals surface area contributed by atoms with Gasteiger partial charge in [0, 0.05) is 0 Å². The molecule has 0 heterocycles. The minimum Gasteiger partial charge on any atom is -0.744 e. The number of carbonyl (C=O) groups is 1. The molecule has 0 radical (unpaired) electrons. The molecule has 5 nitrogen and oxygen atoms in total. The second-order valence-electron chi connectivity index (χ2n) is 2.93. The largest absolute Gasteiger partial charge is 1.00 e. The van der Waals surface area contributed by atoms with Crippen LogP contribution in [0.2, 0.25) is 0 Å². The summed E-state index contributed by atoms with van der Waals surface area (Å²) in [6.45, 7) is 1.48. The van der Waals surface area contributed by atoms with Crippen LogP contribution in [0, 0.1) is 6.92 Å². The van der Waals surface area contributed by atoms with Gasteiger partial charge in [-0.3, -0.25) is 0 Å². The summed E-state index contributed by atoms with van der Waals surface area (Å²) in [4.78, 5) is 10.7. The fraction of sp³-hybridized carbons (Fsp3) is 0.222. The van der Waals surface area contributed by atoms with Gasteiger partial charge < -0.3 is 9.29 Å². The van der Waals surface area contributed by atoms with Crippen molar-refractivity contribution in [3.63, 3.8) is 0 Å². The molecule has 82 valence electrons. The van der Waals surface area contributed by atoms with Crippen LogP contribution < -0.4 is 29.6 Å². The SMILES string of the molecule is COC(=O)c1ccc(C)c(S(=O)(=O)[O-])c1.[Na+]. The van der Waals surface area contributed by atoms with E-state index in [1.54, 1.807) is 0 Å². The summed E-state index contributed by atoms with van der Waals surface area (Å²) < 4.78 is 36.8. The number of carbonyl (C=O) groups excluding carboxylic acids is 1. The normalized spacial score (nSPS) is 10.4. The van der Waals surface area contributed by atoms with Crippen molar-refractivity contribution in [2.75, 3.05) is 7.11 Å². The number of aryl methyl sites for hydroxylation is 1. The van der Waals surface area contributed by atoms with Gasteiger partial charge in [0.2, 0.25) is 0 Å². The van der Waals surface area contributed by atoms with Crippen molar-refractivity contribution in [2.24, 2.45) is 0 Å². The van der Waals surface area contributed by atoms with Crippen LogP contribution >= 0.6 is 0 Å². The number of rotatable bonds is 2. The second-order valence-corrected chi connectivity index (χ2v) is 4.27. The molecule has 0 N–H and O–H groups in total. The van der Waals surface area contributed by atoms with Gasteiger partial charge in [-0.2, -0.15) is 0 Å². The van der Waals surface area contributed by atoms with Gasteiger partial charge >= 0.3 is 35.5 Å². The molecule has 7 heteroatoms. The summed E-state index contributed by atoms with van der Waals surface area (Å²) in [5.74, 6) is -0.681. The standard InChI is InChI=1S/C9H10O5S.Na/c1-6-3-4-7(9(10)14-2)5-8(6)15(11,12)13;/h3-5H,1-2H3,(H,11,12,13);/q;+1/p-1. The van der Waals surface area contributed by atoms with E-state index in [-0.39, 0.29) is 35.1 Å². The number of hydrogen-bond donors (Lipinski definition) is 0. The smallest absolute Gasteiger partial charge is 0.744 e. The van der Waals surface area contributed by atoms with Gasteiger partial charge in [0.15, 0.2) is 0 Å². The second kappa shape index (κ2) is 5.79. The van der Waals surface area contributed by atoms with E-state index < -0.39 is 21.0 Å². The Bertz CT molecular complexity index is 495. The van der Waals surface area contributed by atoms with Crippen LogP contribution in [0.15, 0.2) is 23.1 Å². The third-order valence-electron chi connectivity index (χ3n) is 1.88. The maximum absolute atomic E-state index is 11.1. The van der Waals surface area contributed by atoms with E-state index in [0.717, 1.165) is 6.07 Å². The molecule has 0 saturated carbocycles. The van der Waals surface area contributed by atoms with Gasteiger partial charge in [-0.15, -0.1) is 0 Å². The molecule has 1 aromatic carbocycles. The Morgan fingerprint density at radius 2 is 1.94 bits per heavy atom. The molecule has 0 saturated heterocycles. The predicted octanol–water partition coefficient (Wildman–Crippen LogP) is -2.31. The van der Waals surface area contributed by atoms with Crippen molar-refractivity contribution in [3.05, 3.63) is 29.3 Å². The molecule has 0 atom stereocenters. The Kier molecular flexibility index (Phi) is 5.64. The Morgan fingerprint density at radius 3 is 2.38 bits per heavy atom. The Morgan fingerprint density at radius 1 is 1.38 bits per heavy atom. The van der Waals surface area contributed by atoms with E-state index in [1.807, 2.05) is 0 Å². The molecule has 0 aromatic heterocycles. The fourth-order valence-corrected chi connectivity index (χ4v) is 1.85. The first-order valence-electron chi connectivity index (χ1n) is 4.01. The summed E-state index contributed by atoms with van der Waals surface area (Å²) in [6.07, 6.45) is 0. The third kappa shape index (κ3) is 3.57. The zero-order valence-corrected chi connectivity index (χ0v) is 12.0. The van der Waals surface area contributed by atoms with Gasteiger partial charge in [0.1, 0.15) is 10.1 Å². The average molecular weight is 252 g/mol. The minimum atomic E-state index is -4.56. The van der Waals surface area contributed by atoms with Crippen LogP contribution in [0.1, 0.15) is 15.9 Å². The quantitative estimate of drug-likeness (QED) is 0.335. The fourth-order valence-electron chi connectivity index (χ4n) is 1.11. The number of methoxy groups -OCH3 is 1. The van der Waals surface area contributed by atoms with Crippen LogP contribution in [0.4, 0.5) is 0 Å². The van der Waals surface area contributed by atoms with E-state index in [0.29, 0.717) is 5.56 Å². The first-order chi connectivity index (χ1) is 6.86. The maximum Gasteiger partial charge on any atom is 1.00 e. The van der Waals surface area contributed by atoms with Crippen molar-refractivity contribution < 1.29 is 52.1 Å². The van der Waals surface area contributed by atoms with Gasteiger partial charge in [0.05, 0.1) is 17.6 Å². The monoisotopic (exact) mass is 252 g/mol. The van der Waals surface area contributed by atoms with E-state index in [1.165, 1.54) is 26.2 Å². The van der Waals surface area contributed by atoms with Crippen molar-refractivity contribution in [1.29, 1.82) is 0 Å². The molecule has 1 aromatic rings. The Balaban J connectivity index is 0.00000225. The van der Waals surface area contributed by atoms with Gasteiger partial charge in [0.25, 0.3) is 0 Å². The zero-order chi connectivity index (χ0) is 11.6. The number of hydrogen-bond acceptors (Lipinski definition) is 5. The zero-order valence-electron chi connectivity index (χ0n) is 9.18. The van der Waals surface area contributed by atoms with Gasteiger partial charge in [-0.1, -0.05) is 6.07 Å². The van der Waals surface area contributed by atoms with Crippen LogP contribution in [0.25, 0.3) is 0 Å². The van der Waals surface area contributed by atoms with Crippen molar-refractivity contribution in [1.82, 2.24) is 0 Å². The number of benzene rings is 1. The van der Waals surface area contributed by atoms with Gasteiger partial charge in [-0.05, 0) is 24.6 Å². The molecule has 0 amide bonds. The summed E-state index contributed by atoms with van der Waals surface area (Å²) >= 11 is 0. The summed E-state index contributed by atoms with van der Waals surface area (Å²) in [5, 5.41) is 0. The van der Waals surface area contributed by atoms with Crippen LogP contribution in [-0.2, 0) is 14.9 Å². The molecule has 1 rings (SSSR count). The topological polar surface area (TPSA) is 83.5 Å². The predicted molar refractivity (Wildman–Crippen MR) is 50.5 cm³/mol. The molecule has 16 heavy (non-hydrogen) atoms. The van der Waals surface area contributed by atoms with Crippen molar-refractivity contribution >= 4 is 16.1 Å². The van der Waals surface area contributed by atoms with E-state index in [2.05, 4.69) is 4.74 Å². The molecule has 0 aliphatic carbocycles.